The number of benzene rings is 2. The Morgan fingerprint density at radius 3 is 2.71 bits per heavy atom. The largest absolute Gasteiger partial charge is 0.391 e. The molecule has 7 rings (SSSR count). The summed E-state index contributed by atoms with van der Waals surface area (Å²) in [5.41, 5.74) is 2.31. The number of nitrogens with zero attached hydrogens (tertiary/aromatic N) is 6. The molecule has 1 amide bonds. The number of piperidine rings is 1. The van der Waals surface area contributed by atoms with E-state index in [2.05, 4.69) is 25.4 Å². The molecule has 2 aromatic heterocycles. The molecule has 3 aliphatic rings. The van der Waals surface area contributed by atoms with Gasteiger partial charge < -0.3 is 20.2 Å². The van der Waals surface area contributed by atoms with Crippen molar-refractivity contribution < 1.29 is 18.7 Å². The predicted octanol–water partition coefficient (Wildman–Crippen LogP) is 3.42. The van der Waals surface area contributed by atoms with Crippen LogP contribution in [0.1, 0.15) is 35.1 Å². The van der Waals surface area contributed by atoms with Gasteiger partial charge in [0, 0.05) is 36.6 Å². The average molecular weight is 518 g/mol. The third kappa shape index (κ3) is 3.94. The van der Waals surface area contributed by atoms with Crippen LogP contribution in [0.2, 0.25) is 0 Å². The molecule has 4 aromatic rings. The molecule has 2 aliphatic heterocycles. The summed E-state index contributed by atoms with van der Waals surface area (Å²) >= 11 is 0. The van der Waals surface area contributed by atoms with E-state index in [4.69, 9.17) is 0 Å². The van der Waals surface area contributed by atoms with Crippen LogP contribution in [0.15, 0.2) is 54.9 Å². The number of aliphatic hydroxyl groups excluding tert-OH is 1. The summed E-state index contributed by atoms with van der Waals surface area (Å²) in [4.78, 5) is 21.7. The van der Waals surface area contributed by atoms with Gasteiger partial charge in [0.2, 0.25) is 5.82 Å². The summed E-state index contributed by atoms with van der Waals surface area (Å²) in [5, 5.41) is 20.8. The summed E-state index contributed by atoms with van der Waals surface area (Å²) in [6, 6.07) is 10.7. The average Bonchev–Trinajstić information content (AvgIpc) is 3.22. The Morgan fingerprint density at radius 2 is 1.92 bits per heavy atom. The molecular formula is C27H25F2N7O2. The highest BCUT2D eigenvalue weighted by Crippen LogP contribution is 2.57. The minimum Gasteiger partial charge on any atom is -0.391 e. The topological polar surface area (TPSA) is 98.9 Å². The molecule has 2 unspecified atom stereocenters. The lowest BCUT2D eigenvalue weighted by Gasteiger charge is -2.29. The van der Waals surface area contributed by atoms with Crippen molar-refractivity contribution >= 4 is 28.7 Å². The van der Waals surface area contributed by atoms with Gasteiger partial charge in [-0.15, -0.1) is 10.2 Å². The van der Waals surface area contributed by atoms with E-state index < -0.39 is 17.5 Å². The number of carbonyl (C=O) groups is 1. The molecule has 0 spiro atoms. The van der Waals surface area contributed by atoms with Crippen LogP contribution >= 0.6 is 0 Å². The third-order valence-electron chi connectivity index (χ3n) is 7.86. The van der Waals surface area contributed by atoms with Crippen molar-refractivity contribution in [1.82, 2.24) is 19.6 Å². The molecule has 9 nitrogen and oxygen atoms in total. The van der Waals surface area contributed by atoms with Crippen LogP contribution in [0.5, 0.6) is 0 Å². The molecule has 11 heteroatoms. The maximum absolute atomic E-state index is 14.7. The monoisotopic (exact) mass is 517 g/mol. The van der Waals surface area contributed by atoms with Gasteiger partial charge in [-0.2, -0.15) is 0 Å². The first kappa shape index (κ1) is 23.0. The Hall–Kier alpha value is -4.12. The highest BCUT2D eigenvalue weighted by Gasteiger charge is 2.54. The van der Waals surface area contributed by atoms with Crippen LogP contribution in [0.4, 0.5) is 26.0 Å². The van der Waals surface area contributed by atoms with Gasteiger partial charge in [-0.3, -0.25) is 9.20 Å². The van der Waals surface area contributed by atoms with Crippen molar-refractivity contribution in [1.29, 1.82) is 0 Å². The van der Waals surface area contributed by atoms with Gasteiger partial charge in [-0.25, -0.2) is 13.8 Å². The third-order valence-corrected chi connectivity index (χ3v) is 7.86. The van der Waals surface area contributed by atoms with E-state index in [0.717, 1.165) is 31.1 Å². The summed E-state index contributed by atoms with van der Waals surface area (Å²) in [5.74, 6) is -0.0764. The van der Waals surface area contributed by atoms with Crippen LogP contribution < -0.4 is 15.1 Å². The second kappa shape index (κ2) is 8.73. The van der Waals surface area contributed by atoms with Gasteiger partial charge >= 0.3 is 0 Å². The highest BCUT2D eigenvalue weighted by atomic mass is 19.1. The Morgan fingerprint density at radius 1 is 1.08 bits per heavy atom. The van der Waals surface area contributed by atoms with E-state index >= 15 is 0 Å². The number of anilines is 3. The molecule has 2 aromatic carbocycles. The number of rotatable bonds is 5. The van der Waals surface area contributed by atoms with Crippen LogP contribution in [-0.4, -0.2) is 56.3 Å². The van der Waals surface area contributed by atoms with Gasteiger partial charge in [0.15, 0.2) is 5.65 Å². The Bertz CT molecular complexity index is 1540. The number of halogens is 2. The molecule has 4 atom stereocenters. The quantitative estimate of drug-likeness (QED) is 0.419. The second-order valence-corrected chi connectivity index (χ2v) is 10.3. The van der Waals surface area contributed by atoms with E-state index in [1.165, 1.54) is 18.3 Å². The van der Waals surface area contributed by atoms with Gasteiger partial charge in [0.05, 0.1) is 24.5 Å². The smallest absolute Gasteiger partial charge is 0.293 e. The maximum Gasteiger partial charge on any atom is 0.293 e. The van der Waals surface area contributed by atoms with E-state index in [-0.39, 0.29) is 23.9 Å². The number of hydrogen-bond donors (Lipinski definition) is 2. The molecular weight excluding hydrogens is 492 g/mol. The molecule has 0 radical (unpaired) electrons. The van der Waals surface area contributed by atoms with E-state index in [1.807, 2.05) is 29.2 Å². The normalized spacial score (nSPS) is 24.2. The molecule has 2 saturated heterocycles. The van der Waals surface area contributed by atoms with Crippen molar-refractivity contribution in [2.75, 3.05) is 34.8 Å². The number of hydrogen-bond acceptors (Lipinski definition) is 7. The van der Waals surface area contributed by atoms with Crippen molar-refractivity contribution in [3.05, 3.63) is 77.9 Å². The fourth-order valence-corrected chi connectivity index (χ4v) is 5.85. The van der Waals surface area contributed by atoms with Crippen molar-refractivity contribution in [3.8, 4) is 0 Å². The zero-order valence-electron chi connectivity index (χ0n) is 20.3. The Balaban J connectivity index is 1.14. The second-order valence-electron chi connectivity index (χ2n) is 10.3. The molecule has 38 heavy (non-hydrogen) atoms. The van der Waals surface area contributed by atoms with E-state index in [0.29, 0.717) is 41.7 Å². The number of aliphatic hydroxyl groups is 1. The predicted molar refractivity (Wildman–Crippen MR) is 136 cm³/mol. The Labute approximate surface area is 216 Å². The van der Waals surface area contributed by atoms with Crippen LogP contribution in [0, 0.1) is 23.5 Å². The lowest BCUT2D eigenvalue weighted by Crippen LogP contribution is -2.28. The first-order chi connectivity index (χ1) is 18.4. The number of fused-ring (bicyclic) bond motifs is 2. The Kier molecular flexibility index (Phi) is 5.29. The lowest BCUT2D eigenvalue weighted by molar-refractivity contribution is 0.101. The fourth-order valence-electron chi connectivity index (χ4n) is 5.85. The van der Waals surface area contributed by atoms with Crippen molar-refractivity contribution in [3.63, 3.8) is 0 Å². The number of amides is 1. The molecule has 194 valence electrons. The minimum atomic E-state index is -0.474. The molecule has 4 heterocycles. The molecule has 2 N–H and O–H groups in total. The van der Waals surface area contributed by atoms with Crippen molar-refractivity contribution in [2.24, 2.45) is 11.8 Å². The summed E-state index contributed by atoms with van der Waals surface area (Å²) in [6.45, 7) is 2.06. The lowest BCUT2D eigenvalue weighted by atomic mass is 10.0. The molecule has 1 aliphatic carbocycles. The number of carbonyl (C=O) groups excluding carboxylic acids is 1. The molecule has 3 fully saturated rings. The fraction of sp³-hybridized carbons (Fsp3) is 0.333. The SMILES string of the molecule is O=C(Nc1ccc(N2CC[C@H](O)C2)cc1)c1nnc2cnc(N3CC4CC4[C@@H]3c3cc(F)ccc3F)cn12. The van der Waals surface area contributed by atoms with Gasteiger partial charge in [0.25, 0.3) is 5.91 Å². The van der Waals surface area contributed by atoms with E-state index in [9.17, 15) is 18.7 Å². The van der Waals surface area contributed by atoms with Crippen LogP contribution in [0.3, 0.4) is 0 Å². The number of β-amino-alcohol motifs (C(OH)–C–C–N with tert-alkyl or cyclic N) is 1. The number of nitrogens with one attached hydrogen (secondary N) is 1. The first-order valence-electron chi connectivity index (χ1n) is 12.7. The van der Waals surface area contributed by atoms with E-state index in [1.54, 1.807) is 10.6 Å². The summed E-state index contributed by atoms with van der Waals surface area (Å²) in [6.07, 6.45) is 4.61. The zero-order chi connectivity index (χ0) is 26.0. The van der Waals surface area contributed by atoms with Crippen LogP contribution in [-0.2, 0) is 0 Å². The maximum atomic E-state index is 14.7. The first-order valence-corrected chi connectivity index (χ1v) is 12.7. The summed E-state index contributed by atoms with van der Waals surface area (Å²) in [7, 11) is 0. The van der Waals surface area contributed by atoms with Crippen molar-refractivity contribution in [2.45, 2.75) is 25.0 Å². The summed E-state index contributed by atoms with van der Waals surface area (Å²) < 4.78 is 30.3. The molecule has 0 bridgehead atoms. The molecule has 1 saturated carbocycles. The van der Waals surface area contributed by atoms with Gasteiger partial charge in [0.1, 0.15) is 17.5 Å². The zero-order valence-corrected chi connectivity index (χ0v) is 20.3. The standard InChI is InChI=1S/C27H25F2N7O2/c28-16-1-6-22(29)21(10-16)25-20-9-15(20)12-35(25)24-14-36-23(11-30-24)32-33-26(36)27(38)31-17-2-4-18(5-3-17)34-8-7-19(37)13-34/h1-6,10-11,14-15,19-20,25,37H,7-9,12-13H2,(H,31,38)/t15?,19-,20?,25+/m0/s1. The minimum absolute atomic E-state index is 0.0910. The number of aromatic nitrogens is 4. The highest BCUT2D eigenvalue weighted by molar-refractivity contribution is 6.02. The van der Waals surface area contributed by atoms with Gasteiger partial charge in [-0.05, 0) is 67.1 Å². The van der Waals surface area contributed by atoms with Gasteiger partial charge in [-0.1, -0.05) is 0 Å². The van der Waals surface area contributed by atoms with Crippen LogP contribution in [0.25, 0.3) is 5.65 Å².